The highest BCUT2D eigenvalue weighted by Gasteiger charge is 2.14. The molecule has 0 aliphatic rings. The standard InChI is InChI=1S/C36H72N2O4/c1-4-7-10-17-23-33-41-35(39)27-19-13-11-15-21-30-38(32-24-29-37)31-22-16-12-14-20-28-36(40)42-34(25-9-6-3)26-18-8-5-2/h34H,4-33,37H2,1-3H3. The van der Waals surface area contributed by atoms with Crippen molar-refractivity contribution in [2.24, 2.45) is 5.73 Å². The average Bonchev–Trinajstić information content (AvgIpc) is 2.98. The minimum atomic E-state index is -0.0211. The van der Waals surface area contributed by atoms with Crippen LogP contribution in [0.3, 0.4) is 0 Å². The molecule has 42 heavy (non-hydrogen) atoms. The first-order valence-electron chi connectivity index (χ1n) is 18.3. The van der Waals surface area contributed by atoms with Crippen LogP contribution < -0.4 is 5.73 Å². The zero-order valence-electron chi connectivity index (χ0n) is 28.4. The van der Waals surface area contributed by atoms with Crippen molar-refractivity contribution in [2.75, 3.05) is 32.8 Å². The third kappa shape index (κ3) is 29.0. The molecule has 0 fully saturated rings. The van der Waals surface area contributed by atoms with E-state index in [0.29, 0.717) is 19.4 Å². The van der Waals surface area contributed by atoms with Crippen LogP contribution in [0, 0.1) is 0 Å². The fourth-order valence-corrected chi connectivity index (χ4v) is 5.45. The first-order valence-corrected chi connectivity index (χ1v) is 18.3. The molecule has 0 bridgehead atoms. The Bertz CT molecular complexity index is 587. The van der Waals surface area contributed by atoms with Crippen LogP contribution in [0.2, 0.25) is 0 Å². The number of esters is 2. The van der Waals surface area contributed by atoms with Gasteiger partial charge in [0.05, 0.1) is 6.61 Å². The number of carbonyl (C=O) groups is 2. The summed E-state index contributed by atoms with van der Waals surface area (Å²) in [5.41, 5.74) is 5.78. The van der Waals surface area contributed by atoms with Crippen molar-refractivity contribution >= 4 is 11.9 Å². The summed E-state index contributed by atoms with van der Waals surface area (Å²) < 4.78 is 11.2. The van der Waals surface area contributed by atoms with E-state index in [-0.39, 0.29) is 18.0 Å². The van der Waals surface area contributed by atoms with E-state index in [0.717, 1.165) is 96.8 Å². The third-order valence-corrected chi connectivity index (χ3v) is 8.21. The van der Waals surface area contributed by atoms with Gasteiger partial charge in [-0.15, -0.1) is 0 Å². The van der Waals surface area contributed by atoms with Crippen molar-refractivity contribution < 1.29 is 19.1 Å². The Morgan fingerprint density at radius 3 is 1.64 bits per heavy atom. The second-order valence-electron chi connectivity index (χ2n) is 12.4. The van der Waals surface area contributed by atoms with Gasteiger partial charge in [0.25, 0.3) is 0 Å². The monoisotopic (exact) mass is 597 g/mol. The molecule has 6 heteroatoms. The Balaban J connectivity index is 3.86. The van der Waals surface area contributed by atoms with E-state index in [1.807, 2.05) is 0 Å². The van der Waals surface area contributed by atoms with Gasteiger partial charge in [0.1, 0.15) is 6.10 Å². The van der Waals surface area contributed by atoms with Crippen molar-refractivity contribution in [2.45, 2.75) is 187 Å². The molecular weight excluding hydrogens is 524 g/mol. The summed E-state index contributed by atoms with van der Waals surface area (Å²) in [5.74, 6) is -0.0131. The van der Waals surface area contributed by atoms with Gasteiger partial charge in [-0.3, -0.25) is 9.59 Å². The molecule has 0 saturated heterocycles. The molecule has 0 heterocycles. The molecule has 0 amide bonds. The highest BCUT2D eigenvalue weighted by molar-refractivity contribution is 5.69. The van der Waals surface area contributed by atoms with Crippen molar-refractivity contribution in [1.29, 1.82) is 0 Å². The van der Waals surface area contributed by atoms with Gasteiger partial charge in [-0.25, -0.2) is 0 Å². The molecule has 1 atom stereocenters. The summed E-state index contributed by atoms with van der Waals surface area (Å²) in [4.78, 5) is 26.8. The van der Waals surface area contributed by atoms with Crippen molar-refractivity contribution in [3.63, 3.8) is 0 Å². The SMILES string of the molecule is CCCCCCCOC(=O)CCCCCCCN(CCCN)CCCCCCCC(=O)OC(CCCC)CCCCC. The fourth-order valence-electron chi connectivity index (χ4n) is 5.45. The zero-order valence-corrected chi connectivity index (χ0v) is 28.4. The van der Waals surface area contributed by atoms with Crippen LogP contribution in [0.15, 0.2) is 0 Å². The molecule has 0 aromatic rings. The van der Waals surface area contributed by atoms with Gasteiger partial charge < -0.3 is 20.1 Å². The van der Waals surface area contributed by atoms with Gasteiger partial charge in [-0.05, 0) is 84.0 Å². The summed E-state index contributed by atoms with van der Waals surface area (Å²) in [6.07, 6.45) is 27.6. The minimum Gasteiger partial charge on any atom is -0.466 e. The summed E-state index contributed by atoms with van der Waals surface area (Å²) in [6.45, 7) is 11.3. The van der Waals surface area contributed by atoms with E-state index in [9.17, 15) is 9.59 Å². The van der Waals surface area contributed by atoms with Crippen molar-refractivity contribution in [3.8, 4) is 0 Å². The van der Waals surface area contributed by atoms with Crippen molar-refractivity contribution in [3.05, 3.63) is 0 Å². The van der Waals surface area contributed by atoms with Gasteiger partial charge >= 0.3 is 11.9 Å². The van der Waals surface area contributed by atoms with Crippen LogP contribution in [0.5, 0.6) is 0 Å². The molecule has 1 unspecified atom stereocenters. The Hall–Kier alpha value is -1.14. The van der Waals surface area contributed by atoms with E-state index >= 15 is 0 Å². The summed E-state index contributed by atoms with van der Waals surface area (Å²) >= 11 is 0. The number of hydrogen-bond donors (Lipinski definition) is 1. The number of unbranched alkanes of at least 4 members (excludes halogenated alkanes) is 15. The molecule has 0 spiro atoms. The van der Waals surface area contributed by atoms with Gasteiger partial charge in [-0.2, -0.15) is 0 Å². The van der Waals surface area contributed by atoms with E-state index in [4.69, 9.17) is 15.2 Å². The highest BCUT2D eigenvalue weighted by Crippen LogP contribution is 2.16. The Morgan fingerprint density at radius 1 is 0.548 bits per heavy atom. The largest absolute Gasteiger partial charge is 0.466 e. The lowest BCUT2D eigenvalue weighted by Crippen LogP contribution is -2.28. The Labute approximate surface area is 261 Å². The number of ether oxygens (including phenoxy) is 2. The number of hydrogen-bond acceptors (Lipinski definition) is 6. The van der Waals surface area contributed by atoms with Crippen LogP contribution in [0.4, 0.5) is 0 Å². The predicted molar refractivity (Wildman–Crippen MR) is 179 cm³/mol. The first kappa shape index (κ1) is 40.9. The molecule has 0 aromatic heterocycles. The molecule has 0 aromatic carbocycles. The molecule has 6 nitrogen and oxygen atoms in total. The van der Waals surface area contributed by atoms with Crippen LogP contribution in [-0.2, 0) is 19.1 Å². The average molecular weight is 597 g/mol. The number of rotatable bonds is 33. The maximum absolute atomic E-state index is 12.4. The molecule has 0 radical (unpaired) electrons. The minimum absolute atomic E-state index is 0.00802. The fraction of sp³-hybridized carbons (Fsp3) is 0.944. The summed E-state index contributed by atoms with van der Waals surface area (Å²) in [6, 6.07) is 0. The smallest absolute Gasteiger partial charge is 0.306 e. The topological polar surface area (TPSA) is 81.9 Å². The molecule has 250 valence electrons. The highest BCUT2D eigenvalue weighted by atomic mass is 16.5. The lowest BCUT2D eigenvalue weighted by molar-refractivity contribution is -0.150. The molecule has 0 aliphatic heterocycles. The van der Waals surface area contributed by atoms with E-state index in [1.54, 1.807) is 0 Å². The summed E-state index contributed by atoms with van der Waals surface area (Å²) in [7, 11) is 0. The van der Waals surface area contributed by atoms with Crippen LogP contribution >= 0.6 is 0 Å². The third-order valence-electron chi connectivity index (χ3n) is 8.21. The first-order chi connectivity index (χ1) is 20.6. The summed E-state index contributed by atoms with van der Waals surface area (Å²) in [5, 5.41) is 0. The lowest BCUT2D eigenvalue weighted by Gasteiger charge is -2.22. The molecule has 2 N–H and O–H groups in total. The van der Waals surface area contributed by atoms with Crippen LogP contribution in [0.25, 0.3) is 0 Å². The van der Waals surface area contributed by atoms with E-state index < -0.39 is 0 Å². The lowest BCUT2D eigenvalue weighted by atomic mass is 10.1. The number of nitrogens with zero attached hydrogens (tertiary/aromatic N) is 1. The Kier molecular flexibility index (Phi) is 31.9. The molecule has 0 saturated carbocycles. The number of nitrogens with two attached hydrogens (primary N) is 1. The molecular formula is C36H72N2O4. The predicted octanol–water partition coefficient (Wildman–Crippen LogP) is 9.51. The van der Waals surface area contributed by atoms with Crippen LogP contribution in [-0.4, -0.2) is 55.7 Å². The van der Waals surface area contributed by atoms with Gasteiger partial charge in [0.2, 0.25) is 0 Å². The van der Waals surface area contributed by atoms with Gasteiger partial charge in [0, 0.05) is 12.8 Å². The maximum atomic E-state index is 12.4. The second kappa shape index (κ2) is 32.8. The second-order valence-corrected chi connectivity index (χ2v) is 12.4. The van der Waals surface area contributed by atoms with Crippen molar-refractivity contribution in [1.82, 2.24) is 4.90 Å². The maximum Gasteiger partial charge on any atom is 0.306 e. The Morgan fingerprint density at radius 2 is 1.02 bits per heavy atom. The van der Waals surface area contributed by atoms with Crippen LogP contribution in [0.1, 0.15) is 181 Å². The molecule has 0 rings (SSSR count). The van der Waals surface area contributed by atoms with E-state index in [2.05, 4.69) is 25.7 Å². The quantitative estimate of drug-likeness (QED) is 0.0600. The van der Waals surface area contributed by atoms with E-state index in [1.165, 1.54) is 77.0 Å². The van der Waals surface area contributed by atoms with Gasteiger partial charge in [-0.1, -0.05) is 111 Å². The molecule has 0 aliphatic carbocycles. The van der Waals surface area contributed by atoms with Gasteiger partial charge in [0.15, 0.2) is 0 Å². The normalized spacial score (nSPS) is 12.1. The number of carbonyl (C=O) groups excluding carboxylic acids is 2. The zero-order chi connectivity index (χ0) is 30.9.